The van der Waals surface area contributed by atoms with Crippen LogP contribution in [0.1, 0.15) is 5.69 Å². The lowest BCUT2D eigenvalue weighted by Gasteiger charge is -2.01. The molecule has 4 nitrogen and oxygen atoms in total. The van der Waals surface area contributed by atoms with Gasteiger partial charge in [-0.1, -0.05) is 29.8 Å². The maximum atomic E-state index is 13.4. The van der Waals surface area contributed by atoms with Gasteiger partial charge in [-0.25, -0.2) is 19.0 Å². The molecule has 20 heavy (non-hydrogen) atoms. The number of aromatic nitrogens is 4. The van der Waals surface area contributed by atoms with Gasteiger partial charge in [0.05, 0.1) is 23.1 Å². The summed E-state index contributed by atoms with van der Waals surface area (Å²) in [6, 6.07) is 9.64. The number of rotatable bonds is 2. The van der Waals surface area contributed by atoms with Crippen LogP contribution in [0, 0.1) is 12.7 Å². The largest absolute Gasteiger partial charge is 0.240 e. The summed E-state index contributed by atoms with van der Waals surface area (Å²) in [5, 5.41) is 4.06. The summed E-state index contributed by atoms with van der Waals surface area (Å²) >= 11 is 5.74. The van der Waals surface area contributed by atoms with Gasteiger partial charge in [0.25, 0.3) is 0 Å². The van der Waals surface area contributed by atoms with Gasteiger partial charge in [-0.3, -0.25) is 0 Å². The average Bonchev–Trinajstić information content (AvgIpc) is 2.95. The predicted molar refractivity (Wildman–Crippen MR) is 74.3 cm³/mol. The van der Waals surface area contributed by atoms with Gasteiger partial charge >= 0.3 is 0 Å². The molecule has 6 heteroatoms. The first-order chi connectivity index (χ1) is 9.65. The highest BCUT2D eigenvalue weighted by molar-refractivity contribution is 6.29. The Hall–Kier alpha value is -2.27. The molecule has 3 aromatic rings. The lowest BCUT2D eigenvalue weighted by atomic mass is 10.3. The van der Waals surface area contributed by atoms with Crippen LogP contribution in [0.5, 0.6) is 0 Å². The van der Waals surface area contributed by atoms with E-state index in [1.54, 1.807) is 24.0 Å². The first-order valence-electron chi connectivity index (χ1n) is 5.95. The molecule has 2 heterocycles. The summed E-state index contributed by atoms with van der Waals surface area (Å²) in [5.74, 6) is -0.234. The van der Waals surface area contributed by atoms with Crippen LogP contribution in [0.15, 0.2) is 42.7 Å². The fourth-order valence-electron chi connectivity index (χ4n) is 1.81. The van der Waals surface area contributed by atoms with E-state index in [0.29, 0.717) is 11.4 Å². The molecular formula is C14H10ClFN4. The topological polar surface area (TPSA) is 43.6 Å². The minimum absolute atomic E-state index is 0.181. The second-order valence-corrected chi connectivity index (χ2v) is 4.60. The van der Waals surface area contributed by atoms with Gasteiger partial charge in [0.1, 0.15) is 0 Å². The van der Waals surface area contributed by atoms with Crippen LogP contribution in [-0.2, 0) is 0 Å². The molecule has 0 aliphatic heterocycles. The van der Waals surface area contributed by atoms with E-state index in [4.69, 9.17) is 11.6 Å². The third-order valence-electron chi connectivity index (χ3n) is 2.84. The molecule has 0 radical (unpaired) electrons. The van der Waals surface area contributed by atoms with Gasteiger partial charge in [-0.15, -0.1) is 0 Å². The number of hydrogen-bond acceptors (Lipinski definition) is 3. The van der Waals surface area contributed by atoms with Crippen molar-refractivity contribution < 1.29 is 4.39 Å². The number of benzene rings is 1. The summed E-state index contributed by atoms with van der Waals surface area (Å²) in [4.78, 5) is 8.02. The molecule has 100 valence electrons. The van der Waals surface area contributed by atoms with Crippen LogP contribution >= 0.6 is 11.6 Å². The summed E-state index contributed by atoms with van der Waals surface area (Å²) in [7, 11) is 0. The molecule has 0 aliphatic carbocycles. The van der Waals surface area contributed by atoms with Crippen molar-refractivity contribution in [1.29, 1.82) is 0 Å². The maximum absolute atomic E-state index is 13.4. The van der Waals surface area contributed by atoms with Crippen molar-refractivity contribution in [3.8, 4) is 17.1 Å². The molecule has 2 aromatic heterocycles. The minimum Gasteiger partial charge on any atom is -0.240 e. The Bertz CT molecular complexity index is 732. The van der Waals surface area contributed by atoms with Crippen molar-refractivity contribution in [2.75, 3.05) is 0 Å². The first kappa shape index (κ1) is 12.7. The van der Waals surface area contributed by atoms with Gasteiger partial charge in [-0.2, -0.15) is 5.10 Å². The van der Waals surface area contributed by atoms with E-state index in [9.17, 15) is 4.39 Å². The molecule has 3 rings (SSSR count). The number of para-hydroxylation sites is 1. The Balaban J connectivity index is 2.03. The second-order valence-electron chi connectivity index (χ2n) is 4.25. The van der Waals surface area contributed by atoms with Crippen molar-refractivity contribution in [2.24, 2.45) is 0 Å². The zero-order valence-electron chi connectivity index (χ0n) is 10.6. The molecular weight excluding hydrogens is 279 g/mol. The van der Waals surface area contributed by atoms with Crippen molar-refractivity contribution in [1.82, 2.24) is 19.7 Å². The lowest BCUT2D eigenvalue weighted by molar-refractivity contribution is 0.603. The average molecular weight is 289 g/mol. The summed E-state index contributed by atoms with van der Waals surface area (Å²) in [6.07, 6.45) is 3.40. The summed E-state index contributed by atoms with van der Waals surface area (Å²) in [5.41, 5.74) is 1.81. The molecule has 0 fully saturated rings. The number of aryl methyl sites for hydroxylation is 1. The summed E-state index contributed by atoms with van der Waals surface area (Å²) < 4.78 is 15.1. The van der Waals surface area contributed by atoms with E-state index >= 15 is 0 Å². The standard InChI is InChI=1S/C14H10ClFN4/c1-9-12(16)13(15)19-14(18-9)10-7-17-20(8-10)11-5-3-2-4-6-11/h2-8H,1H3. The highest BCUT2D eigenvalue weighted by Crippen LogP contribution is 2.21. The van der Waals surface area contributed by atoms with Crippen LogP contribution in [0.25, 0.3) is 17.1 Å². The smallest absolute Gasteiger partial charge is 0.181 e. The Kier molecular flexibility index (Phi) is 3.20. The molecule has 0 saturated carbocycles. The van der Waals surface area contributed by atoms with Gasteiger partial charge in [0, 0.05) is 6.20 Å². The normalized spacial score (nSPS) is 10.8. The van der Waals surface area contributed by atoms with E-state index in [2.05, 4.69) is 15.1 Å². The fraction of sp³-hybridized carbons (Fsp3) is 0.0714. The molecule has 0 saturated heterocycles. The third-order valence-corrected chi connectivity index (χ3v) is 3.09. The fourth-order valence-corrected chi connectivity index (χ4v) is 2.03. The molecule has 0 bridgehead atoms. The van der Waals surface area contributed by atoms with E-state index in [1.165, 1.54) is 0 Å². The van der Waals surface area contributed by atoms with Crippen molar-refractivity contribution in [3.05, 3.63) is 59.4 Å². The molecule has 1 aromatic carbocycles. The molecule has 0 spiro atoms. The quantitative estimate of drug-likeness (QED) is 0.679. The van der Waals surface area contributed by atoms with E-state index in [-0.39, 0.29) is 10.8 Å². The first-order valence-corrected chi connectivity index (χ1v) is 6.33. The maximum Gasteiger partial charge on any atom is 0.181 e. The Morgan fingerprint density at radius 2 is 1.90 bits per heavy atom. The Morgan fingerprint density at radius 3 is 2.60 bits per heavy atom. The third kappa shape index (κ3) is 2.28. The van der Waals surface area contributed by atoms with E-state index in [0.717, 1.165) is 5.69 Å². The molecule has 0 N–H and O–H groups in total. The predicted octanol–water partition coefficient (Wildman–Crippen LogP) is 3.43. The Morgan fingerprint density at radius 1 is 1.15 bits per heavy atom. The van der Waals surface area contributed by atoms with Crippen LogP contribution in [0.4, 0.5) is 4.39 Å². The molecule has 0 unspecified atom stereocenters. The Labute approximate surface area is 119 Å². The number of hydrogen-bond donors (Lipinski definition) is 0. The van der Waals surface area contributed by atoms with Crippen molar-refractivity contribution in [3.63, 3.8) is 0 Å². The van der Waals surface area contributed by atoms with Crippen molar-refractivity contribution >= 4 is 11.6 Å². The number of nitrogens with zero attached hydrogens (tertiary/aromatic N) is 4. The van der Waals surface area contributed by atoms with Crippen LogP contribution in [-0.4, -0.2) is 19.7 Å². The van der Waals surface area contributed by atoms with Gasteiger partial charge < -0.3 is 0 Å². The lowest BCUT2D eigenvalue weighted by Crippen LogP contribution is -1.97. The van der Waals surface area contributed by atoms with Crippen LogP contribution < -0.4 is 0 Å². The molecule has 0 atom stereocenters. The van der Waals surface area contributed by atoms with Crippen LogP contribution in [0.3, 0.4) is 0 Å². The monoisotopic (exact) mass is 288 g/mol. The summed E-state index contributed by atoms with van der Waals surface area (Å²) in [6.45, 7) is 1.55. The highest BCUT2D eigenvalue weighted by atomic mass is 35.5. The SMILES string of the molecule is Cc1nc(-c2cnn(-c3ccccc3)c2)nc(Cl)c1F. The van der Waals surface area contributed by atoms with Gasteiger partial charge in [-0.05, 0) is 19.1 Å². The zero-order chi connectivity index (χ0) is 14.1. The highest BCUT2D eigenvalue weighted by Gasteiger charge is 2.12. The number of halogens is 2. The van der Waals surface area contributed by atoms with Gasteiger partial charge in [0.15, 0.2) is 16.8 Å². The van der Waals surface area contributed by atoms with Gasteiger partial charge in [0.2, 0.25) is 0 Å². The van der Waals surface area contributed by atoms with Crippen molar-refractivity contribution in [2.45, 2.75) is 6.92 Å². The van der Waals surface area contributed by atoms with Crippen LogP contribution in [0.2, 0.25) is 5.15 Å². The zero-order valence-corrected chi connectivity index (χ0v) is 11.3. The van der Waals surface area contributed by atoms with E-state index in [1.807, 2.05) is 30.3 Å². The second kappa shape index (κ2) is 5.02. The van der Waals surface area contributed by atoms with E-state index < -0.39 is 5.82 Å². The molecule has 0 aliphatic rings. The molecule has 0 amide bonds. The minimum atomic E-state index is -0.592.